The van der Waals surface area contributed by atoms with Crippen LogP contribution in [0.2, 0.25) is 10.0 Å². The number of hydrogen-bond acceptors (Lipinski definition) is 4. The SMILES string of the molecule is COc1cccc2c1NC1=C(C(=O)CC(C)(C)C1)C(c1ccc(Cl)cc1Cl)N2C(C)=O. The number of amides is 1. The Morgan fingerprint density at radius 2 is 1.94 bits per heavy atom. The molecule has 0 spiro atoms. The number of methoxy groups -OCH3 is 1. The molecule has 1 unspecified atom stereocenters. The molecule has 5 nitrogen and oxygen atoms in total. The number of benzene rings is 2. The lowest BCUT2D eigenvalue weighted by molar-refractivity contribution is -0.118. The highest BCUT2D eigenvalue weighted by Crippen LogP contribution is 2.51. The number of rotatable bonds is 2. The third-order valence-electron chi connectivity index (χ3n) is 5.81. The Labute approximate surface area is 192 Å². The number of fused-ring (bicyclic) bond motifs is 1. The smallest absolute Gasteiger partial charge is 0.224 e. The number of carbonyl (C=O) groups is 2. The molecule has 1 atom stereocenters. The van der Waals surface area contributed by atoms with Crippen LogP contribution in [0.25, 0.3) is 0 Å². The first-order valence-corrected chi connectivity index (χ1v) is 10.8. The maximum absolute atomic E-state index is 13.5. The van der Waals surface area contributed by atoms with Crippen LogP contribution in [0.5, 0.6) is 5.75 Å². The van der Waals surface area contributed by atoms with Gasteiger partial charge in [0, 0.05) is 34.7 Å². The van der Waals surface area contributed by atoms with E-state index in [9.17, 15) is 9.59 Å². The van der Waals surface area contributed by atoms with E-state index in [1.165, 1.54) is 6.92 Å². The summed E-state index contributed by atoms with van der Waals surface area (Å²) in [7, 11) is 1.58. The Hall–Kier alpha value is -2.50. The van der Waals surface area contributed by atoms with Crippen LogP contribution in [-0.2, 0) is 9.59 Å². The average molecular weight is 459 g/mol. The Balaban J connectivity index is 2.07. The van der Waals surface area contributed by atoms with Crippen molar-refractivity contribution >= 4 is 46.3 Å². The van der Waals surface area contributed by atoms with Gasteiger partial charge in [0.05, 0.1) is 18.8 Å². The molecule has 0 radical (unpaired) electrons. The number of allylic oxidation sites excluding steroid dienone is 1. The molecule has 0 saturated heterocycles. The fourth-order valence-electron chi connectivity index (χ4n) is 4.57. The number of halogens is 2. The summed E-state index contributed by atoms with van der Waals surface area (Å²) in [5, 5.41) is 4.34. The molecule has 2 aliphatic rings. The normalized spacial score (nSPS) is 19.9. The van der Waals surface area contributed by atoms with Crippen LogP contribution in [0.4, 0.5) is 11.4 Å². The minimum atomic E-state index is -0.679. The molecule has 162 valence electrons. The van der Waals surface area contributed by atoms with Crippen LogP contribution in [-0.4, -0.2) is 18.8 Å². The van der Waals surface area contributed by atoms with Gasteiger partial charge in [0.25, 0.3) is 0 Å². The summed E-state index contributed by atoms with van der Waals surface area (Å²) in [6, 6.07) is 9.97. The lowest BCUT2D eigenvalue weighted by Gasteiger charge is -2.37. The summed E-state index contributed by atoms with van der Waals surface area (Å²) >= 11 is 12.7. The molecule has 1 N–H and O–H groups in total. The fourth-order valence-corrected chi connectivity index (χ4v) is 5.08. The average Bonchev–Trinajstić information content (AvgIpc) is 2.81. The Kier molecular flexibility index (Phi) is 5.52. The summed E-state index contributed by atoms with van der Waals surface area (Å²) in [5.41, 5.74) is 3.06. The zero-order valence-corrected chi connectivity index (χ0v) is 19.4. The van der Waals surface area contributed by atoms with Gasteiger partial charge >= 0.3 is 0 Å². The Bertz CT molecular complexity index is 1120. The third kappa shape index (κ3) is 3.81. The molecular formula is C24H24Cl2N2O3. The minimum absolute atomic E-state index is 0.00668. The summed E-state index contributed by atoms with van der Waals surface area (Å²) in [6.07, 6.45) is 1.04. The molecule has 1 aliphatic carbocycles. The molecule has 0 bridgehead atoms. The monoisotopic (exact) mass is 458 g/mol. The number of ether oxygens (including phenoxy) is 1. The third-order valence-corrected chi connectivity index (χ3v) is 6.37. The molecule has 0 fully saturated rings. The number of para-hydroxylation sites is 1. The highest BCUT2D eigenvalue weighted by Gasteiger charge is 2.43. The summed E-state index contributed by atoms with van der Waals surface area (Å²) in [6.45, 7) is 5.62. The number of ketones is 1. The maximum Gasteiger partial charge on any atom is 0.224 e. The first-order chi connectivity index (χ1) is 14.6. The van der Waals surface area contributed by atoms with Gasteiger partial charge < -0.3 is 10.1 Å². The second-order valence-electron chi connectivity index (χ2n) is 8.77. The predicted molar refractivity (Wildman–Crippen MR) is 124 cm³/mol. The van der Waals surface area contributed by atoms with Gasteiger partial charge in [0.15, 0.2) is 5.78 Å². The summed E-state index contributed by atoms with van der Waals surface area (Å²) in [5.74, 6) is 0.376. The second kappa shape index (κ2) is 7.88. The van der Waals surface area contributed by atoms with Gasteiger partial charge in [-0.3, -0.25) is 14.5 Å². The molecule has 1 heterocycles. The van der Waals surface area contributed by atoms with Crippen LogP contribution >= 0.6 is 23.2 Å². The predicted octanol–water partition coefficient (Wildman–Crippen LogP) is 6.16. The Morgan fingerprint density at radius 1 is 1.19 bits per heavy atom. The van der Waals surface area contributed by atoms with Gasteiger partial charge in [-0.1, -0.05) is 49.2 Å². The number of anilines is 2. The van der Waals surface area contributed by atoms with Gasteiger partial charge in [0.2, 0.25) is 5.91 Å². The molecule has 2 aromatic carbocycles. The first-order valence-electron chi connectivity index (χ1n) is 10.1. The molecule has 0 saturated carbocycles. The van der Waals surface area contributed by atoms with E-state index in [0.29, 0.717) is 51.1 Å². The molecular weight excluding hydrogens is 435 g/mol. The van der Waals surface area contributed by atoms with Crippen molar-refractivity contribution in [2.75, 3.05) is 17.3 Å². The number of carbonyl (C=O) groups excluding carboxylic acids is 2. The standard InChI is InChI=1S/C24H24Cl2N2O3/c1-13(29)28-18-6-5-7-20(31-4)22(18)27-17-11-24(2,3)12-19(30)21(17)23(28)15-9-8-14(25)10-16(15)26/h5-10,23,27H,11-12H2,1-4H3. The largest absolute Gasteiger partial charge is 0.494 e. The topological polar surface area (TPSA) is 58.6 Å². The van der Waals surface area contributed by atoms with Gasteiger partial charge in [0.1, 0.15) is 11.4 Å². The van der Waals surface area contributed by atoms with E-state index in [2.05, 4.69) is 19.2 Å². The molecule has 1 aliphatic heterocycles. The zero-order chi connectivity index (χ0) is 22.5. The van der Waals surface area contributed by atoms with Crippen LogP contribution in [0.15, 0.2) is 47.7 Å². The lowest BCUT2D eigenvalue weighted by atomic mass is 9.73. The van der Waals surface area contributed by atoms with Crippen LogP contribution in [0.1, 0.15) is 45.2 Å². The van der Waals surface area contributed by atoms with Crippen LogP contribution in [0.3, 0.4) is 0 Å². The van der Waals surface area contributed by atoms with Gasteiger partial charge in [-0.05, 0) is 41.7 Å². The molecule has 31 heavy (non-hydrogen) atoms. The summed E-state index contributed by atoms with van der Waals surface area (Å²) in [4.78, 5) is 28.2. The van der Waals surface area contributed by atoms with Crippen LogP contribution in [0, 0.1) is 5.41 Å². The van der Waals surface area contributed by atoms with E-state index < -0.39 is 6.04 Å². The van der Waals surface area contributed by atoms with Crippen molar-refractivity contribution in [2.24, 2.45) is 5.41 Å². The van der Waals surface area contributed by atoms with Crippen molar-refractivity contribution in [3.63, 3.8) is 0 Å². The van der Waals surface area contributed by atoms with Gasteiger partial charge in [-0.2, -0.15) is 0 Å². The van der Waals surface area contributed by atoms with E-state index in [0.717, 1.165) is 5.70 Å². The molecule has 4 rings (SSSR count). The van der Waals surface area contributed by atoms with Crippen molar-refractivity contribution in [3.05, 3.63) is 63.3 Å². The highest BCUT2D eigenvalue weighted by atomic mass is 35.5. The van der Waals surface area contributed by atoms with Gasteiger partial charge in [-0.15, -0.1) is 0 Å². The summed E-state index contributed by atoms with van der Waals surface area (Å²) < 4.78 is 5.58. The number of nitrogens with zero attached hydrogens (tertiary/aromatic N) is 1. The van der Waals surface area contributed by atoms with Crippen molar-refractivity contribution < 1.29 is 14.3 Å². The zero-order valence-electron chi connectivity index (χ0n) is 17.9. The van der Waals surface area contributed by atoms with Crippen molar-refractivity contribution in [3.8, 4) is 5.75 Å². The van der Waals surface area contributed by atoms with Crippen LogP contribution < -0.4 is 15.0 Å². The van der Waals surface area contributed by atoms with E-state index >= 15 is 0 Å². The Morgan fingerprint density at radius 3 is 2.58 bits per heavy atom. The van der Waals surface area contributed by atoms with Crippen molar-refractivity contribution in [1.29, 1.82) is 0 Å². The van der Waals surface area contributed by atoms with Crippen molar-refractivity contribution in [1.82, 2.24) is 0 Å². The number of nitrogens with one attached hydrogen (secondary N) is 1. The maximum atomic E-state index is 13.5. The van der Waals surface area contributed by atoms with E-state index in [4.69, 9.17) is 27.9 Å². The van der Waals surface area contributed by atoms with E-state index in [-0.39, 0.29) is 17.1 Å². The second-order valence-corrected chi connectivity index (χ2v) is 9.61. The van der Waals surface area contributed by atoms with E-state index in [1.807, 2.05) is 18.2 Å². The molecule has 1 amide bonds. The molecule has 2 aromatic rings. The first kappa shape index (κ1) is 21.7. The number of hydrogen-bond donors (Lipinski definition) is 1. The lowest BCUT2D eigenvalue weighted by Crippen LogP contribution is -2.38. The highest BCUT2D eigenvalue weighted by molar-refractivity contribution is 6.35. The number of Topliss-reactive ketones (excluding diaryl/α,β-unsaturated/α-hetero) is 1. The molecule has 0 aromatic heterocycles. The van der Waals surface area contributed by atoms with Gasteiger partial charge in [-0.25, -0.2) is 0 Å². The fraction of sp³-hybridized carbons (Fsp3) is 0.333. The van der Waals surface area contributed by atoms with E-state index in [1.54, 1.807) is 30.2 Å². The van der Waals surface area contributed by atoms with Crippen molar-refractivity contribution in [2.45, 2.75) is 39.7 Å². The minimum Gasteiger partial charge on any atom is -0.494 e. The molecule has 7 heteroatoms. The quantitative estimate of drug-likeness (QED) is 0.584.